The van der Waals surface area contributed by atoms with Crippen LogP contribution in [0.4, 0.5) is 0 Å². The second-order valence-corrected chi connectivity index (χ2v) is 2.09. The first-order valence-corrected chi connectivity index (χ1v) is 3.05. The third kappa shape index (κ3) is 2.43. The molecule has 0 heterocycles. The summed E-state index contributed by atoms with van der Waals surface area (Å²) in [4.78, 5) is 10.7. The number of carbonyl (C=O) groups is 1. The number of Topliss-reactive ketones (excluding diaryl/α,β-unsaturated/α-hetero) is 1. The molecule has 0 aliphatic heterocycles. The molecule has 0 saturated heterocycles. The van der Waals surface area contributed by atoms with Crippen molar-refractivity contribution in [2.24, 2.45) is 5.73 Å². The van der Waals surface area contributed by atoms with Crippen LogP contribution in [-0.4, -0.2) is 36.8 Å². The second-order valence-electron chi connectivity index (χ2n) is 2.09. The smallest absolute Gasteiger partial charge is 0.177 e. The molecule has 0 saturated carbocycles. The second kappa shape index (κ2) is 4.38. The number of hydrogen-bond donors (Lipinski definition) is 2. The van der Waals surface area contributed by atoms with Crippen LogP contribution in [0.25, 0.3) is 0 Å². The summed E-state index contributed by atoms with van der Waals surface area (Å²) < 4.78 is 4.78. The van der Waals surface area contributed by atoms with E-state index in [4.69, 9.17) is 15.6 Å². The van der Waals surface area contributed by atoms with Gasteiger partial charge < -0.3 is 15.6 Å². The van der Waals surface area contributed by atoms with Crippen LogP contribution in [0.1, 0.15) is 6.92 Å². The number of carbonyl (C=O) groups excluding carboxylic acids is 1. The third-order valence-electron chi connectivity index (χ3n) is 1.41. The van der Waals surface area contributed by atoms with Gasteiger partial charge in [0.05, 0.1) is 12.1 Å². The fourth-order valence-electron chi connectivity index (χ4n) is 0.514. The maximum absolute atomic E-state index is 10.7. The van der Waals surface area contributed by atoms with Gasteiger partial charge in [0, 0.05) is 7.11 Å². The van der Waals surface area contributed by atoms with Crippen LogP contribution in [0.3, 0.4) is 0 Å². The van der Waals surface area contributed by atoms with Crippen molar-refractivity contribution in [3.63, 3.8) is 0 Å². The van der Waals surface area contributed by atoms with Crippen molar-refractivity contribution in [2.75, 3.05) is 13.7 Å². The van der Waals surface area contributed by atoms with Crippen molar-refractivity contribution in [3.8, 4) is 0 Å². The Morgan fingerprint density at radius 2 is 2.30 bits per heavy atom. The highest BCUT2D eigenvalue weighted by molar-refractivity contribution is 5.85. The Morgan fingerprint density at radius 1 is 1.80 bits per heavy atom. The first-order valence-electron chi connectivity index (χ1n) is 3.05. The minimum Gasteiger partial charge on any atom is -0.389 e. The summed E-state index contributed by atoms with van der Waals surface area (Å²) in [6.45, 7) is 1.16. The van der Waals surface area contributed by atoms with Crippen molar-refractivity contribution in [3.05, 3.63) is 0 Å². The van der Waals surface area contributed by atoms with Gasteiger partial charge >= 0.3 is 0 Å². The van der Waals surface area contributed by atoms with E-state index in [0.29, 0.717) is 0 Å². The lowest BCUT2D eigenvalue weighted by Crippen LogP contribution is -2.42. The minimum absolute atomic E-state index is 0.334. The van der Waals surface area contributed by atoms with E-state index in [1.807, 2.05) is 0 Å². The molecule has 0 radical (unpaired) electrons. The number of aliphatic hydroxyl groups excluding tert-OH is 1. The maximum Gasteiger partial charge on any atom is 0.177 e. The van der Waals surface area contributed by atoms with Gasteiger partial charge in [-0.15, -0.1) is 0 Å². The first-order chi connectivity index (χ1) is 4.63. The summed E-state index contributed by atoms with van der Waals surface area (Å²) in [5, 5.41) is 8.36. The van der Waals surface area contributed by atoms with E-state index in [2.05, 4.69) is 0 Å². The molecule has 4 nitrogen and oxygen atoms in total. The number of nitrogens with two attached hydrogens (primary N) is 1. The molecule has 0 aliphatic carbocycles. The van der Waals surface area contributed by atoms with Gasteiger partial charge in [-0.25, -0.2) is 0 Å². The van der Waals surface area contributed by atoms with E-state index in [1.54, 1.807) is 6.92 Å². The van der Waals surface area contributed by atoms with Crippen LogP contribution >= 0.6 is 0 Å². The minimum atomic E-state index is -0.713. The van der Waals surface area contributed by atoms with Gasteiger partial charge in [-0.05, 0) is 6.92 Å². The first kappa shape index (κ1) is 9.55. The topological polar surface area (TPSA) is 72.5 Å². The third-order valence-corrected chi connectivity index (χ3v) is 1.41. The quantitative estimate of drug-likeness (QED) is 0.530. The zero-order valence-corrected chi connectivity index (χ0v) is 6.20. The van der Waals surface area contributed by atoms with Crippen LogP contribution in [0.5, 0.6) is 0 Å². The van der Waals surface area contributed by atoms with Crippen molar-refractivity contribution >= 4 is 5.78 Å². The number of hydrogen-bond acceptors (Lipinski definition) is 4. The van der Waals surface area contributed by atoms with E-state index in [0.717, 1.165) is 0 Å². The Labute approximate surface area is 60.0 Å². The molecule has 0 rings (SSSR count). The molecular formula is C6H13NO3. The van der Waals surface area contributed by atoms with Crippen molar-refractivity contribution in [1.82, 2.24) is 0 Å². The predicted molar refractivity (Wildman–Crippen MR) is 36.5 cm³/mol. The molecule has 3 N–H and O–H groups in total. The lowest BCUT2D eigenvalue weighted by atomic mass is 10.1. The van der Waals surface area contributed by atoms with Crippen LogP contribution in [0.2, 0.25) is 0 Å². The Balaban J connectivity index is 3.81. The van der Waals surface area contributed by atoms with Gasteiger partial charge in [-0.1, -0.05) is 0 Å². The van der Waals surface area contributed by atoms with E-state index < -0.39 is 18.4 Å². The lowest BCUT2D eigenvalue weighted by molar-refractivity contribution is -0.125. The Bertz CT molecular complexity index is 116. The molecule has 4 heteroatoms. The summed E-state index contributed by atoms with van der Waals surface area (Å²) in [5.41, 5.74) is 5.35. The van der Waals surface area contributed by atoms with E-state index in [1.165, 1.54) is 7.11 Å². The molecule has 0 amide bonds. The maximum atomic E-state index is 10.7. The average Bonchev–Trinajstić information content (AvgIpc) is 2.00. The van der Waals surface area contributed by atoms with E-state index in [-0.39, 0.29) is 6.10 Å². The molecule has 0 aromatic rings. The molecule has 0 bridgehead atoms. The summed E-state index contributed by atoms with van der Waals surface area (Å²) >= 11 is 0. The van der Waals surface area contributed by atoms with Gasteiger partial charge in [-0.2, -0.15) is 0 Å². The normalized spacial score (nSPS) is 16.4. The number of ether oxygens (including phenoxy) is 1. The summed E-state index contributed by atoms with van der Waals surface area (Å²) in [6, 6.07) is -0.713. The highest BCUT2D eigenvalue weighted by Crippen LogP contribution is 1.94. The zero-order valence-electron chi connectivity index (χ0n) is 6.20. The average molecular weight is 147 g/mol. The predicted octanol–water partition coefficient (Wildman–Crippen LogP) is -1.09. The van der Waals surface area contributed by atoms with E-state index in [9.17, 15) is 4.79 Å². The van der Waals surface area contributed by atoms with Crippen LogP contribution < -0.4 is 5.73 Å². The van der Waals surface area contributed by atoms with Crippen LogP contribution in [0.15, 0.2) is 0 Å². The summed E-state index contributed by atoms with van der Waals surface area (Å²) in [5.74, 6) is -0.394. The van der Waals surface area contributed by atoms with E-state index >= 15 is 0 Å². The van der Waals surface area contributed by atoms with Gasteiger partial charge in [0.1, 0.15) is 6.61 Å². The zero-order chi connectivity index (χ0) is 8.15. The molecule has 0 fully saturated rings. The fraction of sp³-hybridized carbons (Fsp3) is 0.833. The lowest BCUT2D eigenvalue weighted by Gasteiger charge is -2.15. The molecular weight excluding hydrogens is 134 g/mol. The van der Waals surface area contributed by atoms with Gasteiger partial charge in [0.2, 0.25) is 0 Å². The van der Waals surface area contributed by atoms with Gasteiger partial charge in [0.15, 0.2) is 5.78 Å². The molecule has 2 unspecified atom stereocenters. The number of methoxy groups -OCH3 is 1. The SMILES string of the molecule is COC(C)C(N)C(=O)CO. The van der Waals surface area contributed by atoms with Crippen molar-refractivity contribution < 1.29 is 14.6 Å². The Kier molecular flexibility index (Phi) is 4.18. The Hall–Kier alpha value is -0.450. The largest absolute Gasteiger partial charge is 0.389 e. The molecule has 0 aromatic heterocycles. The Morgan fingerprint density at radius 3 is 2.60 bits per heavy atom. The fourth-order valence-corrected chi connectivity index (χ4v) is 0.514. The molecule has 60 valence electrons. The highest BCUT2D eigenvalue weighted by Gasteiger charge is 2.18. The molecule has 2 atom stereocenters. The van der Waals surface area contributed by atoms with Crippen molar-refractivity contribution in [2.45, 2.75) is 19.1 Å². The van der Waals surface area contributed by atoms with Gasteiger partial charge in [0.25, 0.3) is 0 Å². The van der Waals surface area contributed by atoms with Crippen molar-refractivity contribution in [1.29, 1.82) is 0 Å². The van der Waals surface area contributed by atoms with Gasteiger partial charge in [-0.3, -0.25) is 4.79 Å². The summed E-state index contributed by atoms with van der Waals surface area (Å²) in [7, 11) is 1.47. The molecule has 0 spiro atoms. The number of rotatable bonds is 4. The number of aliphatic hydroxyl groups is 1. The molecule has 10 heavy (non-hydrogen) atoms. The highest BCUT2D eigenvalue weighted by atomic mass is 16.5. The van der Waals surface area contributed by atoms with Crippen LogP contribution in [-0.2, 0) is 9.53 Å². The van der Waals surface area contributed by atoms with Crippen LogP contribution in [0, 0.1) is 0 Å². The monoisotopic (exact) mass is 147 g/mol. The standard InChI is InChI=1S/C6H13NO3/c1-4(10-2)6(7)5(9)3-8/h4,6,8H,3,7H2,1-2H3. The number of ketones is 1. The summed E-state index contributed by atoms with van der Waals surface area (Å²) in [6.07, 6.45) is -0.334. The molecule has 0 aromatic carbocycles. The molecule has 0 aliphatic rings.